The van der Waals surface area contributed by atoms with Gasteiger partial charge in [-0.3, -0.25) is 0 Å². The number of ether oxygens (including phenoxy) is 1. The van der Waals surface area contributed by atoms with E-state index in [9.17, 15) is 5.11 Å². The maximum absolute atomic E-state index is 9.93. The third kappa shape index (κ3) is 5.40. The molecule has 0 amide bonds. The number of nitrogens with one attached hydrogen (secondary N) is 1. The van der Waals surface area contributed by atoms with Gasteiger partial charge in [0.05, 0.1) is 0 Å². The van der Waals surface area contributed by atoms with Crippen LogP contribution in [0, 0.1) is 0 Å². The molecule has 112 valence electrons. The molecule has 21 heavy (non-hydrogen) atoms. The SMILES string of the molecule is CCc1ccc(NCC(O)COc2ccc(Br)cc2)cc1. The van der Waals surface area contributed by atoms with E-state index in [1.54, 1.807) is 0 Å². The molecule has 0 aliphatic carbocycles. The molecule has 2 rings (SSSR count). The zero-order valence-electron chi connectivity index (χ0n) is 12.1. The van der Waals surface area contributed by atoms with Crippen LogP contribution in [0.3, 0.4) is 0 Å². The second kappa shape index (κ2) is 8.05. The first-order chi connectivity index (χ1) is 10.2. The van der Waals surface area contributed by atoms with Crippen molar-refractivity contribution in [3.8, 4) is 5.75 Å². The predicted molar refractivity (Wildman–Crippen MR) is 90.0 cm³/mol. The van der Waals surface area contributed by atoms with Crippen LogP contribution in [0.15, 0.2) is 53.0 Å². The molecule has 0 aromatic heterocycles. The Morgan fingerprint density at radius 3 is 2.38 bits per heavy atom. The lowest BCUT2D eigenvalue weighted by Gasteiger charge is -2.14. The Morgan fingerprint density at radius 1 is 1.10 bits per heavy atom. The van der Waals surface area contributed by atoms with Crippen molar-refractivity contribution in [1.82, 2.24) is 0 Å². The minimum atomic E-state index is -0.556. The van der Waals surface area contributed by atoms with E-state index in [0.29, 0.717) is 6.54 Å². The lowest BCUT2D eigenvalue weighted by Crippen LogP contribution is -2.26. The van der Waals surface area contributed by atoms with Gasteiger partial charge in [-0.25, -0.2) is 0 Å². The summed E-state index contributed by atoms with van der Waals surface area (Å²) < 4.78 is 6.54. The average molecular weight is 350 g/mol. The summed E-state index contributed by atoms with van der Waals surface area (Å²) in [5, 5.41) is 13.1. The summed E-state index contributed by atoms with van der Waals surface area (Å²) >= 11 is 3.37. The third-order valence-corrected chi connectivity index (χ3v) is 3.69. The standard InChI is InChI=1S/C17H20BrNO2/c1-2-13-3-7-15(8-4-13)19-11-16(20)12-21-17-9-5-14(18)6-10-17/h3-10,16,19-20H,2,11-12H2,1H3. The Bertz CT molecular complexity index is 540. The number of anilines is 1. The molecule has 3 nitrogen and oxygen atoms in total. The molecule has 1 atom stereocenters. The summed E-state index contributed by atoms with van der Waals surface area (Å²) in [6, 6.07) is 15.8. The zero-order valence-corrected chi connectivity index (χ0v) is 13.6. The van der Waals surface area contributed by atoms with E-state index in [-0.39, 0.29) is 6.61 Å². The van der Waals surface area contributed by atoms with Gasteiger partial charge in [0.25, 0.3) is 0 Å². The van der Waals surface area contributed by atoms with E-state index < -0.39 is 6.10 Å². The van der Waals surface area contributed by atoms with Gasteiger partial charge in [-0.15, -0.1) is 0 Å². The fraction of sp³-hybridized carbons (Fsp3) is 0.294. The number of hydrogen-bond acceptors (Lipinski definition) is 3. The summed E-state index contributed by atoms with van der Waals surface area (Å²) in [5.41, 5.74) is 2.31. The molecule has 2 aromatic carbocycles. The summed E-state index contributed by atoms with van der Waals surface area (Å²) in [6.07, 6.45) is 0.476. The van der Waals surface area contributed by atoms with Gasteiger partial charge >= 0.3 is 0 Å². The highest BCUT2D eigenvalue weighted by atomic mass is 79.9. The van der Waals surface area contributed by atoms with Gasteiger partial charge in [0, 0.05) is 16.7 Å². The van der Waals surface area contributed by atoms with E-state index in [1.165, 1.54) is 5.56 Å². The topological polar surface area (TPSA) is 41.5 Å². The number of benzene rings is 2. The summed E-state index contributed by atoms with van der Waals surface area (Å²) in [4.78, 5) is 0. The highest BCUT2D eigenvalue weighted by Gasteiger charge is 2.05. The Hall–Kier alpha value is -1.52. The number of hydrogen-bond donors (Lipinski definition) is 2. The first kappa shape index (κ1) is 15.9. The van der Waals surface area contributed by atoms with Crippen LogP contribution in [0.25, 0.3) is 0 Å². The van der Waals surface area contributed by atoms with Crippen molar-refractivity contribution in [2.24, 2.45) is 0 Å². The Labute approximate surface area is 134 Å². The summed E-state index contributed by atoms with van der Waals surface area (Å²) in [6.45, 7) is 2.86. The van der Waals surface area contributed by atoms with E-state index in [4.69, 9.17) is 4.74 Å². The van der Waals surface area contributed by atoms with Crippen molar-refractivity contribution in [3.63, 3.8) is 0 Å². The molecule has 0 heterocycles. The Kier molecular flexibility index (Phi) is 6.08. The highest BCUT2D eigenvalue weighted by molar-refractivity contribution is 9.10. The van der Waals surface area contributed by atoms with E-state index in [1.807, 2.05) is 36.4 Å². The number of aliphatic hydroxyl groups excluding tert-OH is 1. The molecule has 2 aromatic rings. The maximum Gasteiger partial charge on any atom is 0.119 e. The van der Waals surface area contributed by atoms with Gasteiger partial charge < -0.3 is 15.2 Å². The molecule has 0 bridgehead atoms. The van der Waals surface area contributed by atoms with Crippen molar-refractivity contribution in [2.45, 2.75) is 19.4 Å². The highest BCUT2D eigenvalue weighted by Crippen LogP contribution is 2.16. The molecule has 0 radical (unpaired) electrons. The van der Waals surface area contributed by atoms with Crippen LogP contribution in [0.1, 0.15) is 12.5 Å². The van der Waals surface area contributed by atoms with Gasteiger partial charge in [0.15, 0.2) is 0 Å². The first-order valence-electron chi connectivity index (χ1n) is 7.06. The molecule has 1 unspecified atom stereocenters. The van der Waals surface area contributed by atoms with Crippen LogP contribution < -0.4 is 10.1 Å². The van der Waals surface area contributed by atoms with Crippen molar-refractivity contribution < 1.29 is 9.84 Å². The molecular weight excluding hydrogens is 330 g/mol. The number of rotatable bonds is 7. The van der Waals surface area contributed by atoms with Crippen LogP contribution in [-0.2, 0) is 6.42 Å². The second-order valence-electron chi connectivity index (χ2n) is 4.85. The molecular formula is C17H20BrNO2. The van der Waals surface area contributed by atoms with Gasteiger partial charge in [0.1, 0.15) is 18.5 Å². The van der Waals surface area contributed by atoms with Gasteiger partial charge in [0.2, 0.25) is 0 Å². The van der Waals surface area contributed by atoms with E-state index in [0.717, 1.165) is 22.3 Å². The van der Waals surface area contributed by atoms with Gasteiger partial charge in [-0.2, -0.15) is 0 Å². The van der Waals surface area contributed by atoms with Crippen molar-refractivity contribution in [2.75, 3.05) is 18.5 Å². The fourth-order valence-electron chi connectivity index (χ4n) is 1.88. The monoisotopic (exact) mass is 349 g/mol. The second-order valence-corrected chi connectivity index (χ2v) is 5.77. The Balaban J connectivity index is 1.73. The van der Waals surface area contributed by atoms with Crippen molar-refractivity contribution in [1.29, 1.82) is 0 Å². The van der Waals surface area contributed by atoms with Crippen LogP contribution in [0.2, 0.25) is 0 Å². The quantitative estimate of drug-likeness (QED) is 0.797. The molecule has 0 aliphatic heterocycles. The molecule has 0 saturated heterocycles. The van der Waals surface area contributed by atoms with Crippen LogP contribution >= 0.6 is 15.9 Å². The first-order valence-corrected chi connectivity index (χ1v) is 7.86. The van der Waals surface area contributed by atoms with Crippen LogP contribution in [0.4, 0.5) is 5.69 Å². The van der Waals surface area contributed by atoms with Crippen molar-refractivity contribution >= 4 is 21.6 Å². The minimum Gasteiger partial charge on any atom is -0.491 e. The summed E-state index contributed by atoms with van der Waals surface area (Å²) in [7, 11) is 0. The maximum atomic E-state index is 9.93. The smallest absolute Gasteiger partial charge is 0.119 e. The molecule has 4 heteroatoms. The number of halogens is 1. The molecule has 0 saturated carbocycles. The normalized spacial score (nSPS) is 12.0. The lowest BCUT2D eigenvalue weighted by molar-refractivity contribution is 0.117. The van der Waals surface area contributed by atoms with Gasteiger partial charge in [-0.1, -0.05) is 35.0 Å². The molecule has 0 fully saturated rings. The van der Waals surface area contributed by atoms with Crippen LogP contribution in [-0.4, -0.2) is 24.4 Å². The zero-order chi connectivity index (χ0) is 15.1. The van der Waals surface area contributed by atoms with Gasteiger partial charge in [-0.05, 0) is 48.4 Å². The molecule has 0 aliphatic rings. The predicted octanol–water partition coefficient (Wildman–Crippen LogP) is 3.86. The number of aliphatic hydroxyl groups is 1. The third-order valence-electron chi connectivity index (χ3n) is 3.16. The largest absolute Gasteiger partial charge is 0.491 e. The molecule has 0 spiro atoms. The van der Waals surface area contributed by atoms with Crippen LogP contribution in [0.5, 0.6) is 5.75 Å². The van der Waals surface area contributed by atoms with Crippen molar-refractivity contribution in [3.05, 3.63) is 58.6 Å². The van der Waals surface area contributed by atoms with E-state index >= 15 is 0 Å². The molecule has 2 N–H and O–H groups in total. The van der Waals surface area contributed by atoms with E-state index in [2.05, 4.69) is 40.3 Å². The minimum absolute atomic E-state index is 0.266. The average Bonchev–Trinajstić information content (AvgIpc) is 2.53. The lowest BCUT2D eigenvalue weighted by atomic mass is 10.1. The summed E-state index contributed by atoms with van der Waals surface area (Å²) in [5.74, 6) is 0.754. The number of aryl methyl sites for hydroxylation is 1. The Morgan fingerprint density at radius 2 is 1.76 bits per heavy atom. The fourth-order valence-corrected chi connectivity index (χ4v) is 2.14.